The van der Waals surface area contributed by atoms with E-state index in [9.17, 15) is 0 Å². The lowest BCUT2D eigenvalue weighted by atomic mass is 9.95. The van der Waals surface area contributed by atoms with E-state index in [0.29, 0.717) is 5.41 Å². The van der Waals surface area contributed by atoms with Crippen molar-refractivity contribution in [1.29, 1.82) is 0 Å². The first-order chi connectivity index (χ1) is 8.49. The van der Waals surface area contributed by atoms with Gasteiger partial charge < -0.3 is 5.32 Å². The normalized spacial score (nSPS) is 20.5. The van der Waals surface area contributed by atoms with Crippen LogP contribution in [-0.4, -0.2) is 31.6 Å². The number of likely N-dealkylation sites (tertiary alicyclic amines) is 1. The Morgan fingerprint density at radius 3 is 2.68 bits per heavy atom. The Morgan fingerprint density at radius 1 is 1.37 bits per heavy atom. The van der Waals surface area contributed by atoms with Crippen LogP contribution < -0.4 is 5.32 Å². The zero-order chi connectivity index (χ0) is 13.2. The SMILES string of the molecule is CNCC1CCN(Cc2ccc(C(C)(C)C)s2)C1.Cl. The Bertz CT molecular complexity index is 384. The molecule has 0 aromatic carbocycles. The van der Waals surface area contributed by atoms with E-state index in [1.165, 1.54) is 29.3 Å². The average Bonchev–Trinajstić information content (AvgIpc) is 2.88. The molecule has 1 atom stereocenters. The van der Waals surface area contributed by atoms with Crippen molar-refractivity contribution in [2.45, 2.75) is 39.2 Å². The lowest BCUT2D eigenvalue weighted by molar-refractivity contribution is 0.318. The molecular weight excluding hydrogens is 276 g/mol. The molecular formula is C15H27ClN2S. The molecule has 1 aliphatic rings. The van der Waals surface area contributed by atoms with Crippen molar-refractivity contribution in [2.24, 2.45) is 5.92 Å². The summed E-state index contributed by atoms with van der Waals surface area (Å²) >= 11 is 1.98. The van der Waals surface area contributed by atoms with Gasteiger partial charge in [0.15, 0.2) is 0 Å². The molecule has 0 saturated carbocycles. The van der Waals surface area contributed by atoms with E-state index in [-0.39, 0.29) is 12.4 Å². The van der Waals surface area contributed by atoms with E-state index < -0.39 is 0 Å². The van der Waals surface area contributed by atoms with Crippen molar-refractivity contribution in [2.75, 3.05) is 26.7 Å². The van der Waals surface area contributed by atoms with Gasteiger partial charge in [-0.15, -0.1) is 23.7 Å². The molecule has 1 saturated heterocycles. The minimum Gasteiger partial charge on any atom is -0.319 e. The molecule has 2 nitrogen and oxygen atoms in total. The molecule has 4 heteroatoms. The van der Waals surface area contributed by atoms with Gasteiger partial charge in [-0.2, -0.15) is 0 Å². The first-order valence-corrected chi connectivity index (χ1v) is 7.77. The van der Waals surface area contributed by atoms with Gasteiger partial charge in [-0.25, -0.2) is 0 Å². The van der Waals surface area contributed by atoms with Gasteiger partial charge in [-0.1, -0.05) is 20.8 Å². The summed E-state index contributed by atoms with van der Waals surface area (Å²) in [5, 5.41) is 3.29. The summed E-state index contributed by atoms with van der Waals surface area (Å²) in [6, 6.07) is 4.62. The minimum absolute atomic E-state index is 0. The molecule has 1 unspecified atom stereocenters. The van der Waals surface area contributed by atoms with E-state index in [2.05, 4.69) is 50.2 Å². The van der Waals surface area contributed by atoms with Crippen LogP contribution in [0.5, 0.6) is 0 Å². The van der Waals surface area contributed by atoms with E-state index in [0.717, 1.165) is 19.0 Å². The minimum atomic E-state index is 0. The zero-order valence-electron chi connectivity index (χ0n) is 12.5. The smallest absolute Gasteiger partial charge is 0.0328 e. The van der Waals surface area contributed by atoms with Crippen molar-refractivity contribution in [3.05, 3.63) is 21.9 Å². The highest BCUT2D eigenvalue weighted by Crippen LogP contribution is 2.30. The summed E-state index contributed by atoms with van der Waals surface area (Å²) < 4.78 is 0. The van der Waals surface area contributed by atoms with E-state index in [1.54, 1.807) is 0 Å². The Balaban J connectivity index is 0.00000180. The second-order valence-corrected chi connectivity index (χ2v) is 7.63. The Kier molecular flexibility index (Phi) is 6.31. The first-order valence-electron chi connectivity index (χ1n) is 6.95. The van der Waals surface area contributed by atoms with Gasteiger partial charge in [-0.05, 0) is 50.0 Å². The monoisotopic (exact) mass is 302 g/mol. The highest BCUT2D eigenvalue weighted by Gasteiger charge is 2.23. The number of rotatable bonds is 4. The molecule has 2 heterocycles. The Labute approximate surface area is 128 Å². The number of nitrogens with one attached hydrogen (secondary N) is 1. The zero-order valence-corrected chi connectivity index (χ0v) is 14.2. The maximum Gasteiger partial charge on any atom is 0.0328 e. The van der Waals surface area contributed by atoms with E-state index in [1.807, 2.05) is 11.3 Å². The molecule has 1 fully saturated rings. The maximum absolute atomic E-state index is 3.29. The summed E-state index contributed by atoms with van der Waals surface area (Å²) in [6.45, 7) is 11.7. The largest absolute Gasteiger partial charge is 0.319 e. The molecule has 19 heavy (non-hydrogen) atoms. The summed E-state index contributed by atoms with van der Waals surface area (Å²) in [4.78, 5) is 5.62. The van der Waals surface area contributed by atoms with Crippen molar-refractivity contribution in [3.8, 4) is 0 Å². The molecule has 2 rings (SSSR count). The fourth-order valence-corrected chi connectivity index (χ4v) is 3.71. The highest BCUT2D eigenvalue weighted by atomic mass is 35.5. The van der Waals surface area contributed by atoms with Crippen LogP contribution >= 0.6 is 23.7 Å². The molecule has 1 aromatic heterocycles. The average molecular weight is 303 g/mol. The van der Waals surface area contributed by atoms with Crippen LogP contribution in [0.4, 0.5) is 0 Å². The summed E-state index contributed by atoms with van der Waals surface area (Å²) in [5.74, 6) is 0.844. The number of hydrogen-bond acceptors (Lipinski definition) is 3. The predicted octanol–water partition coefficient (Wildman–Crippen LogP) is 3.51. The molecule has 1 aromatic rings. The third-order valence-corrected chi connectivity index (χ3v) is 5.14. The highest BCUT2D eigenvalue weighted by molar-refractivity contribution is 7.12. The van der Waals surface area contributed by atoms with Crippen LogP contribution in [0.1, 0.15) is 36.9 Å². The lowest BCUT2D eigenvalue weighted by Crippen LogP contribution is -2.24. The van der Waals surface area contributed by atoms with Crippen molar-refractivity contribution in [1.82, 2.24) is 10.2 Å². The number of thiophene rings is 1. The van der Waals surface area contributed by atoms with Gasteiger partial charge >= 0.3 is 0 Å². The van der Waals surface area contributed by atoms with E-state index >= 15 is 0 Å². The van der Waals surface area contributed by atoms with Gasteiger partial charge in [0.1, 0.15) is 0 Å². The number of hydrogen-bond donors (Lipinski definition) is 1. The van der Waals surface area contributed by atoms with Gasteiger partial charge in [0.2, 0.25) is 0 Å². The lowest BCUT2D eigenvalue weighted by Gasteiger charge is -2.16. The maximum atomic E-state index is 3.29. The molecule has 0 amide bonds. The van der Waals surface area contributed by atoms with Gasteiger partial charge in [0.25, 0.3) is 0 Å². The molecule has 1 aliphatic heterocycles. The summed E-state index contributed by atoms with van der Waals surface area (Å²) in [7, 11) is 2.05. The van der Waals surface area contributed by atoms with Crippen LogP contribution in [0.3, 0.4) is 0 Å². The molecule has 0 radical (unpaired) electrons. The third kappa shape index (κ3) is 4.75. The van der Waals surface area contributed by atoms with Crippen LogP contribution in [-0.2, 0) is 12.0 Å². The molecule has 110 valence electrons. The van der Waals surface area contributed by atoms with Crippen LogP contribution in [0.25, 0.3) is 0 Å². The Morgan fingerprint density at radius 2 is 2.11 bits per heavy atom. The predicted molar refractivity (Wildman–Crippen MR) is 87.6 cm³/mol. The van der Waals surface area contributed by atoms with Gasteiger partial charge in [0, 0.05) is 22.8 Å². The standard InChI is InChI=1S/C15H26N2S.ClH/c1-15(2,3)14-6-5-13(18-14)11-17-8-7-12(10-17)9-16-4;/h5-6,12,16H,7-11H2,1-4H3;1H. The summed E-state index contributed by atoms with van der Waals surface area (Å²) in [6.07, 6.45) is 1.35. The van der Waals surface area contributed by atoms with Crippen molar-refractivity contribution >= 4 is 23.7 Å². The molecule has 0 bridgehead atoms. The second-order valence-electron chi connectivity index (χ2n) is 6.46. The fraction of sp³-hybridized carbons (Fsp3) is 0.733. The third-order valence-electron chi connectivity index (χ3n) is 3.64. The molecule has 0 aliphatic carbocycles. The van der Waals surface area contributed by atoms with Crippen LogP contribution in [0.2, 0.25) is 0 Å². The molecule has 0 spiro atoms. The van der Waals surface area contributed by atoms with Crippen LogP contribution in [0.15, 0.2) is 12.1 Å². The van der Waals surface area contributed by atoms with Crippen molar-refractivity contribution in [3.63, 3.8) is 0 Å². The van der Waals surface area contributed by atoms with E-state index in [4.69, 9.17) is 0 Å². The Hall–Kier alpha value is -0.0900. The number of nitrogens with zero attached hydrogens (tertiary/aromatic N) is 1. The van der Waals surface area contributed by atoms with Gasteiger partial charge in [-0.3, -0.25) is 4.90 Å². The van der Waals surface area contributed by atoms with Crippen LogP contribution in [0, 0.1) is 5.92 Å². The number of halogens is 1. The quantitative estimate of drug-likeness (QED) is 0.915. The first kappa shape index (κ1) is 17.0. The van der Waals surface area contributed by atoms with Crippen molar-refractivity contribution < 1.29 is 0 Å². The topological polar surface area (TPSA) is 15.3 Å². The molecule has 1 N–H and O–H groups in total. The second kappa shape index (κ2) is 7.07. The van der Waals surface area contributed by atoms with Gasteiger partial charge in [0.05, 0.1) is 0 Å². The summed E-state index contributed by atoms with van der Waals surface area (Å²) in [5.41, 5.74) is 0.294. The fourth-order valence-electron chi connectivity index (χ4n) is 2.60.